The summed E-state index contributed by atoms with van der Waals surface area (Å²) in [6, 6.07) is 15.8. The van der Waals surface area contributed by atoms with Gasteiger partial charge < -0.3 is 15.2 Å². The van der Waals surface area contributed by atoms with Crippen LogP contribution < -0.4 is 14.9 Å². The maximum absolute atomic E-state index is 12.7. The Morgan fingerprint density at radius 1 is 1.18 bits per heavy atom. The fraction of sp³-hybridized carbons (Fsp3) is 0.208. The van der Waals surface area contributed by atoms with E-state index in [2.05, 4.69) is 20.5 Å². The SMILES string of the molecule is Cc1cc(COc2ccc(C(=O)NC(CC(=O)O)Cc3n[nH]c(=O)s3)cc2)c2ccccc2n1. The number of para-hydroxylation sites is 1. The highest BCUT2D eigenvalue weighted by atomic mass is 32.1. The van der Waals surface area contributed by atoms with Crippen molar-refractivity contribution in [3.8, 4) is 5.75 Å². The van der Waals surface area contributed by atoms with E-state index >= 15 is 0 Å². The fourth-order valence-electron chi connectivity index (χ4n) is 3.59. The molecule has 0 saturated carbocycles. The molecular formula is C24H22N4O5S. The second-order valence-electron chi connectivity index (χ2n) is 7.73. The van der Waals surface area contributed by atoms with Gasteiger partial charge in [-0.15, -0.1) is 0 Å². The molecule has 3 N–H and O–H groups in total. The van der Waals surface area contributed by atoms with Gasteiger partial charge in [0.1, 0.15) is 17.4 Å². The van der Waals surface area contributed by atoms with Crippen LogP contribution in [0.4, 0.5) is 0 Å². The minimum Gasteiger partial charge on any atom is -0.489 e. The van der Waals surface area contributed by atoms with Crippen molar-refractivity contribution in [1.82, 2.24) is 20.5 Å². The predicted octanol–water partition coefficient (Wildman–Crippen LogP) is 3.08. The van der Waals surface area contributed by atoms with Crippen molar-refractivity contribution in [2.45, 2.75) is 32.4 Å². The number of hydrogen-bond donors (Lipinski definition) is 3. The average molecular weight is 479 g/mol. The largest absolute Gasteiger partial charge is 0.489 e. The Bertz CT molecular complexity index is 1380. The highest BCUT2D eigenvalue weighted by Crippen LogP contribution is 2.21. The molecule has 1 atom stereocenters. The minimum atomic E-state index is -1.06. The molecule has 1 unspecified atom stereocenters. The van der Waals surface area contributed by atoms with Crippen molar-refractivity contribution in [2.24, 2.45) is 0 Å². The molecule has 0 spiro atoms. The molecule has 1 amide bonds. The number of rotatable bonds is 9. The molecule has 0 saturated heterocycles. The number of amides is 1. The Balaban J connectivity index is 1.41. The van der Waals surface area contributed by atoms with E-state index in [4.69, 9.17) is 9.84 Å². The molecule has 9 nitrogen and oxygen atoms in total. The lowest BCUT2D eigenvalue weighted by Gasteiger charge is -2.16. The number of nitrogens with zero attached hydrogens (tertiary/aromatic N) is 2. The number of aryl methyl sites for hydroxylation is 1. The van der Waals surface area contributed by atoms with E-state index in [1.54, 1.807) is 24.3 Å². The zero-order chi connectivity index (χ0) is 24.1. The standard InChI is InChI=1S/C24H22N4O5S/c1-14-10-16(19-4-2-3-5-20(19)25-14)13-33-18-8-6-15(7-9-18)23(31)26-17(12-22(29)30)11-21-27-28-24(32)34-21/h2-10,17H,11-13H2,1H3,(H,26,31)(H,28,32)(H,29,30). The van der Waals surface area contributed by atoms with Gasteiger partial charge in [-0.1, -0.05) is 29.5 Å². The van der Waals surface area contributed by atoms with Gasteiger partial charge in [0, 0.05) is 34.7 Å². The Morgan fingerprint density at radius 2 is 1.94 bits per heavy atom. The lowest BCUT2D eigenvalue weighted by molar-refractivity contribution is -0.137. The van der Waals surface area contributed by atoms with Gasteiger partial charge in [-0.3, -0.25) is 19.4 Å². The molecule has 174 valence electrons. The van der Waals surface area contributed by atoms with Crippen LogP contribution >= 0.6 is 11.3 Å². The Hall–Kier alpha value is -4.05. The number of carbonyl (C=O) groups excluding carboxylic acids is 1. The number of aliphatic carboxylic acids is 1. The van der Waals surface area contributed by atoms with E-state index in [1.165, 1.54) is 0 Å². The first-order chi connectivity index (χ1) is 16.4. The minimum absolute atomic E-state index is 0.141. The molecule has 2 aromatic heterocycles. The van der Waals surface area contributed by atoms with Gasteiger partial charge in [0.2, 0.25) is 0 Å². The van der Waals surface area contributed by atoms with Gasteiger partial charge in [0.15, 0.2) is 0 Å². The summed E-state index contributed by atoms with van der Waals surface area (Å²) in [5.41, 5.74) is 3.19. The molecule has 0 bridgehead atoms. The number of hydrogen-bond acceptors (Lipinski definition) is 7. The molecule has 0 fully saturated rings. The van der Waals surface area contributed by atoms with E-state index in [9.17, 15) is 14.4 Å². The quantitative estimate of drug-likeness (QED) is 0.336. The van der Waals surface area contributed by atoms with Crippen molar-refractivity contribution in [2.75, 3.05) is 0 Å². The van der Waals surface area contributed by atoms with Crippen LogP contribution in [0.2, 0.25) is 0 Å². The van der Waals surface area contributed by atoms with Gasteiger partial charge in [0.25, 0.3) is 5.91 Å². The first-order valence-corrected chi connectivity index (χ1v) is 11.3. The van der Waals surface area contributed by atoms with Crippen molar-refractivity contribution in [1.29, 1.82) is 0 Å². The molecule has 0 radical (unpaired) electrons. The highest BCUT2D eigenvalue weighted by molar-refractivity contribution is 7.08. The third kappa shape index (κ3) is 5.84. The molecule has 10 heteroatoms. The third-order valence-corrected chi connectivity index (χ3v) is 5.87. The van der Waals surface area contributed by atoms with Gasteiger partial charge in [-0.2, -0.15) is 5.10 Å². The first kappa shape index (κ1) is 23.1. The molecule has 2 aromatic carbocycles. The number of pyridine rings is 1. The van der Waals surface area contributed by atoms with E-state index in [1.807, 2.05) is 37.3 Å². The second-order valence-corrected chi connectivity index (χ2v) is 8.78. The van der Waals surface area contributed by atoms with E-state index in [0.717, 1.165) is 33.5 Å². The Labute approximate surface area is 198 Å². The summed E-state index contributed by atoms with van der Waals surface area (Å²) >= 11 is 0.886. The van der Waals surface area contributed by atoms with Crippen LogP contribution in [-0.4, -0.2) is 38.2 Å². The van der Waals surface area contributed by atoms with Crippen LogP contribution in [0.15, 0.2) is 59.4 Å². The number of fused-ring (bicyclic) bond motifs is 1. The van der Waals surface area contributed by atoms with Crippen molar-refractivity contribution in [3.63, 3.8) is 0 Å². The molecular weight excluding hydrogens is 456 g/mol. The van der Waals surface area contributed by atoms with Gasteiger partial charge in [0.05, 0.1) is 11.9 Å². The number of carboxylic acid groups (broad SMARTS) is 1. The van der Waals surface area contributed by atoms with Crippen LogP contribution in [0, 0.1) is 6.92 Å². The molecule has 0 aliphatic carbocycles. The predicted molar refractivity (Wildman–Crippen MR) is 127 cm³/mol. The van der Waals surface area contributed by atoms with Crippen molar-refractivity contribution < 1.29 is 19.4 Å². The zero-order valence-corrected chi connectivity index (χ0v) is 19.1. The Kier molecular flexibility index (Phi) is 6.98. The van der Waals surface area contributed by atoms with E-state index < -0.39 is 17.9 Å². The number of benzene rings is 2. The number of carboxylic acids is 1. The highest BCUT2D eigenvalue weighted by Gasteiger charge is 2.19. The number of H-pyrrole nitrogens is 1. The molecule has 4 aromatic rings. The number of nitrogens with one attached hydrogen (secondary N) is 2. The molecule has 0 aliphatic heterocycles. The summed E-state index contributed by atoms with van der Waals surface area (Å²) < 4.78 is 5.93. The topological polar surface area (TPSA) is 134 Å². The summed E-state index contributed by atoms with van der Waals surface area (Å²) in [4.78, 5) is 39.3. The summed E-state index contributed by atoms with van der Waals surface area (Å²) in [6.07, 6.45) is -0.151. The lowest BCUT2D eigenvalue weighted by Crippen LogP contribution is -2.38. The molecule has 0 aliphatic rings. The number of ether oxygens (including phenoxy) is 1. The summed E-state index contributed by atoms with van der Waals surface area (Å²) in [5, 5.41) is 19.5. The van der Waals surface area contributed by atoms with Gasteiger partial charge in [-0.05, 0) is 43.3 Å². The smallest absolute Gasteiger partial charge is 0.322 e. The number of aromatic amines is 1. The average Bonchev–Trinajstić information content (AvgIpc) is 3.21. The molecule has 4 rings (SSSR count). The van der Waals surface area contributed by atoms with Crippen LogP contribution in [-0.2, 0) is 17.8 Å². The van der Waals surface area contributed by atoms with Crippen LogP contribution in [0.1, 0.15) is 33.0 Å². The van der Waals surface area contributed by atoms with E-state index in [-0.39, 0.29) is 17.7 Å². The number of aromatic nitrogens is 3. The van der Waals surface area contributed by atoms with Crippen molar-refractivity contribution in [3.05, 3.63) is 86.1 Å². The molecule has 34 heavy (non-hydrogen) atoms. The van der Waals surface area contributed by atoms with Crippen molar-refractivity contribution >= 4 is 34.1 Å². The fourth-order valence-corrected chi connectivity index (χ4v) is 4.27. The second kappa shape index (κ2) is 10.3. The van der Waals surface area contributed by atoms with Crippen LogP contribution in [0.3, 0.4) is 0 Å². The summed E-state index contributed by atoms with van der Waals surface area (Å²) in [5.74, 6) is -0.884. The molecule has 2 heterocycles. The zero-order valence-electron chi connectivity index (χ0n) is 18.3. The van der Waals surface area contributed by atoms with E-state index in [0.29, 0.717) is 22.9 Å². The maximum atomic E-state index is 12.7. The van der Waals surface area contributed by atoms with Crippen LogP contribution in [0.5, 0.6) is 5.75 Å². The Morgan fingerprint density at radius 3 is 2.65 bits per heavy atom. The van der Waals surface area contributed by atoms with Gasteiger partial charge >= 0.3 is 10.8 Å². The normalized spacial score (nSPS) is 11.8. The monoisotopic (exact) mass is 478 g/mol. The lowest BCUT2D eigenvalue weighted by atomic mass is 10.1. The summed E-state index contributed by atoms with van der Waals surface area (Å²) in [7, 11) is 0. The van der Waals surface area contributed by atoms with Crippen LogP contribution in [0.25, 0.3) is 10.9 Å². The van der Waals surface area contributed by atoms with Gasteiger partial charge in [-0.25, -0.2) is 5.10 Å². The number of carbonyl (C=O) groups is 2. The summed E-state index contributed by atoms with van der Waals surface area (Å²) in [6.45, 7) is 2.29. The maximum Gasteiger partial charge on any atom is 0.322 e. The first-order valence-electron chi connectivity index (χ1n) is 10.5. The third-order valence-electron chi connectivity index (χ3n) is 5.10.